The second-order valence-electron chi connectivity index (χ2n) is 9.64. The largest absolute Gasteiger partial charge is 0.368 e. The number of hydrogen-bond acceptors (Lipinski definition) is 5. The summed E-state index contributed by atoms with van der Waals surface area (Å²) >= 11 is 0. The van der Waals surface area contributed by atoms with E-state index in [9.17, 15) is 9.59 Å². The molecule has 1 saturated carbocycles. The van der Waals surface area contributed by atoms with Gasteiger partial charge < -0.3 is 16.4 Å². The molecule has 2 fully saturated rings. The molecule has 0 spiro atoms. The molecule has 1 aliphatic carbocycles. The first-order valence-corrected chi connectivity index (χ1v) is 12.4. The first-order chi connectivity index (χ1) is 17.0. The van der Waals surface area contributed by atoms with E-state index in [1.54, 1.807) is 24.4 Å². The van der Waals surface area contributed by atoms with Crippen LogP contribution in [-0.4, -0.2) is 33.2 Å². The number of aromatic nitrogens is 2. The summed E-state index contributed by atoms with van der Waals surface area (Å²) in [7, 11) is 0. The quantitative estimate of drug-likeness (QED) is 0.575. The zero-order chi connectivity index (χ0) is 24.4. The molecule has 2 heterocycles. The van der Waals surface area contributed by atoms with Crippen LogP contribution in [0.2, 0.25) is 0 Å². The van der Waals surface area contributed by atoms with Crippen molar-refractivity contribution in [2.24, 2.45) is 5.73 Å². The summed E-state index contributed by atoms with van der Waals surface area (Å²) in [5, 5.41) is 0. The van der Waals surface area contributed by atoms with Gasteiger partial charge in [0.15, 0.2) is 0 Å². The molecule has 1 unspecified atom stereocenters. The van der Waals surface area contributed by atoms with Crippen LogP contribution in [0.4, 0.5) is 5.95 Å². The molecule has 2 amide bonds. The average molecular weight is 470 g/mol. The van der Waals surface area contributed by atoms with Gasteiger partial charge in [-0.15, -0.1) is 0 Å². The van der Waals surface area contributed by atoms with Crippen LogP contribution in [0.5, 0.6) is 0 Å². The second-order valence-corrected chi connectivity index (χ2v) is 9.64. The fourth-order valence-electron chi connectivity index (χ4n) is 5.83. The molecule has 5 rings (SSSR count). The molecule has 0 bridgehead atoms. The Labute approximate surface area is 205 Å². The smallest absolute Gasteiger partial charge is 0.248 e. The minimum absolute atomic E-state index is 0.171. The Morgan fingerprint density at radius 1 is 0.971 bits per heavy atom. The third-order valence-electron chi connectivity index (χ3n) is 7.57. The molecule has 1 atom stereocenters. The molecule has 4 N–H and O–H groups in total. The molecule has 7 heteroatoms. The second kappa shape index (κ2) is 9.49. The molecule has 0 radical (unpaired) electrons. The average Bonchev–Trinajstić information content (AvgIpc) is 3.39. The van der Waals surface area contributed by atoms with Crippen molar-refractivity contribution >= 4 is 17.8 Å². The monoisotopic (exact) mass is 469 g/mol. The summed E-state index contributed by atoms with van der Waals surface area (Å²) < 4.78 is 0. The highest BCUT2D eigenvalue weighted by Gasteiger charge is 2.46. The van der Waals surface area contributed by atoms with Crippen LogP contribution in [0, 0.1) is 0 Å². The molecule has 3 aromatic rings. The number of primary amides is 1. The van der Waals surface area contributed by atoms with E-state index in [0.717, 1.165) is 67.3 Å². The number of rotatable bonds is 5. The van der Waals surface area contributed by atoms with Gasteiger partial charge in [0.25, 0.3) is 0 Å². The standard InChI is InChI=1S/C28H31N5O2/c29-25(34)20-10-7-9-19(17-20)22-18-31-27(30)32-24(22)23-13-8-16-33(23)26(35)28(14-5-2-6-15-28)21-11-3-1-4-12-21/h1,3-4,7,9-12,17-18,23H,2,5-6,8,13-16H2,(H2,29,34)(H2,30,31,32). The summed E-state index contributed by atoms with van der Waals surface area (Å²) in [5.41, 5.74) is 14.8. The fourth-order valence-corrected chi connectivity index (χ4v) is 5.83. The highest BCUT2D eigenvalue weighted by molar-refractivity contribution is 5.94. The first kappa shape index (κ1) is 23.0. The van der Waals surface area contributed by atoms with E-state index in [2.05, 4.69) is 22.1 Å². The fraction of sp³-hybridized carbons (Fsp3) is 0.357. The lowest BCUT2D eigenvalue weighted by Gasteiger charge is -2.41. The molecular weight excluding hydrogens is 438 g/mol. The summed E-state index contributed by atoms with van der Waals surface area (Å²) in [5.74, 6) is -0.144. The van der Waals surface area contributed by atoms with Gasteiger partial charge in [-0.3, -0.25) is 9.59 Å². The molecule has 35 heavy (non-hydrogen) atoms. The summed E-state index contributed by atoms with van der Waals surface area (Å²) in [6.07, 6.45) is 8.36. The molecule has 2 aromatic carbocycles. The van der Waals surface area contributed by atoms with Gasteiger partial charge in [0.05, 0.1) is 17.2 Å². The molecule has 1 saturated heterocycles. The van der Waals surface area contributed by atoms with Crippen molar-refractivity contribution in [3.63, 3.8) is 0 Å². The zero-order valence-corrected chi connectivity index (χ0v) is 19.8. The van der Waals surface area contributed by atoms with Crippen LogP contribution in [0.3, 0.4) is 0 Å². The summed E-state index contributed by atoms with van der Waals surface area (Å²) in [4.78, 5) is 37.0. The number of carbonyl (C=O) groups excluding carboxylic acids is 2. The van der Waals surface area contributed by atoms with Crippen molar-refractivity contribution in [3.05, 3.63) is 77.6 Å². The number of amides is 2. The van der Waals surface area contributed by atoms with Gasteiger partial charge in [-0.1, -0.05) is 61.7 Å². The van der Waals surface area contributed by atoms with Crippen molar-refractivity contribution in [2.45, 2.75) is 56.4 Å². The van der Waals surface area contributed by atoms with Gasteiger partial charge in [-0.05, 0) is 48.9 Å². The summed E-state index contributed by atoms with van der Waals surface area (Å²) in [6.45, 7) is 0.683. The van der Waals surface area contributed by atoms with Crippen LogP contribution in [0.1, 0.15) is 72.6 Å². The Morgan fingerprint density at radius 3 is 2.49 bits per heavy atom. The van der Waals surface area contributed by atoms with E-state index in [1.807, 2.05) is 29.2 Å². The van der Waals surface area contributed by atoms with Crippen molar-refractivity contribution < 1.29 is 9.59 Å². The topological polar surface area (TPSA) is 115 Å². The maximum atomic E-state index is 14.4. The van der Waals surface area contributed by atoms with Gasteiger partial charge in [0.2, 0.25) is 17.8 Å². The Balaban J connectivity index is 1.56. The lowest BCUT2D eigenvalue weighted by Crippen LogP contribution is -2.48. The number of hydrogen-bond donors (Lipinski definition) is 2. The van der Waals surface area contributed by atoms with E-state index in [-0.39, 0.29) is 17.9 Å². The number of likely N-dealkylation sites (tertiary alicyclic amines) is 1. The van der Waals surface area contributed by atoms with Crippen LogP contribution in [0.15, 0.2) is 60.8 Å². The zero-order valence-electron chi connectivity index (χ0n) is 19.8. The van der Waals surface area contributed by atoms with Gasteiger partial charge >= 0.3 is 0 Å². The normalized spacial score (nSPS) is 19.4. The third kappa shape index (κ3) is 4.27. The third-order valence-corrected chi connectivity index (χ3v) is 7.57. The number of benzene rings is 2. The number of nitrogens with two attached hydrogens (primary N) is 2. The molecular formula is C28H31N5O2. The van der Waals surface area contributed by atoms with Crippen molar-refractivity contribution in [1.82, 2.24) is 14.9 Å². The molecule has 1 aromatic heterocycles. The predicted octanol–water partition coefficient (Wildman–Crippen LogP) is 4.39. The molecule has 1 aliphatic heterocycles. The van der Waals surface area contributed by atoms with Crippen LogP contribution >= 0.6 is 0 Å². The molecule has 7 nitrogen and oxygen atoms in total. The lowest BCUT2D eigenvalue weighted by atomic mass is 9.68. The maximum Gasteiger partial charge on any atom is 0.248 e. The summed E-state index contributed by atoms with van der Waals surface area (Å²) in [6, 6.07) is 17.1. The van der Waals surface area contributed by atoms with Gasteiger partial charge in [0.1, 0.15) is 0 Å². The van der Waals surface area contributed by atoms with Crippen LogP contribution in [0.25, 0.3) is 11.1 Å². The SMILES string of the molecule is NC(=O)c1cccc(-c2cnc(N)nc2C2CCCN2C(=O)C2(c3ccccc3)CCCCC2)c1. The predicted molar refractivity (Wildman–Crippen MR) is 135 cm³/mol. The van der Waals surface area contributed by atoms with E-state index >= 15 is 0 Å². The highest BCUT2D eigenvalue weighted by atomic mass is 16.2. The molecule has 2 aliphatic rings. The Kier molecular flexibility index (Phi) is 6.24. The Bertz CT molecular complexity index is 1240. The van der Waals surface area contributed by atoms with Crippen molar-refractivity contribution in [1.29, 1.82) is 0 Å². The Morgan fingerprint density at radius 2 is 1.74 bits per heavy atom. The Hall–Kier alpha value is -3.74. The van der Waals surface area contributed by atoms with E-state index in [0.29, 0.717) is 12.1 Å². The van der Waals surface area contributed by atoms with Gasteiger partial charge in [-0.2, -0.15) is 0 Å². The van der Waals surface area contributed by atoms with E-state index < -0.39 is 11.3 Å². The highest BCUT2D eigenvalue weighted by Crippen LogP contribution is 2.45. The molecule has 180 valence electrons. The van der Waals surface area contributed by atoms with E-state index in [1.165, 1.54) is 0 Å². The maximum absolute atomic E-state index is 14.4. The van der Waals surface area contributed by atoms with Gasteiger partial charge in [0, 0.05) is 23.9 Å². The van der Waals surface area contributed by atoms with Crippen molar-refractivity contribution in [3.8, 4) is 11.1 Å². The number of carbonyl (C=O) groups is 2. The first-order valence-electron chi connectivity index (χ1n) is 12.4. The number of nitrogen functional groups attached to an aromatic ring is 1. The minimum Gasteiger partial charge on any atom is -0.368 e. The minimum atomic E-state index is -0.507. The van der Waals surface area contributed by atoms with Crippen molar-refractivity contribution in [2.75, 3.05) is 12.3 Å². The van der Waals surface area contributed by atoms with Crippen LogP contribution < -0.4 is 11.5 Å². The number of nitrogens with zero attached hydrogens (tertiary/aromatic N) is 3. The lowest BCUT2D eigenvalue weighted by molar-refractivity contribution is -0.140. The number of anilines is 1. The van der Waals surface area contributed by atoms with Gasteiger partial charge in [-0.25, -0.2) is 9.97 Å². The van der Waals surface area contributed by atoms with E-state index in [4.69, 9.17) is 11.5 Å². The van der Waals surface area contributed by atoms with Crippen LogP contribution in [-0.2, 0) is 10.2 Å².